The number of aromatic nitrogens is 3. The van der Waals surface area contributed by atoms with Gasteiger partial charge >= 0.3 is 0 Å². The first-order chi connectivity index (χ1) is 11.8. The number of rotatable bonds is 7. The molecule has 3 rings (SSSR count). The van der Waals surface area contributed by atoms with Crippen LogP contribution >= 0.6 is 11.8 Å². The minimum atomic E-state index is -0.217. The van der Waals surface area contributed by atoms with Crippen LogP contribution in [0.15, 0.2) is 72.4 Å². The summed E-state index contributed by atoms with van der Waals surface area (Å²) in [7, 11) is 0. The van der Waals surface area contributed by atoms with Crippen LogP contribution in [-0.2, 0) is 18.7 Å². The number of thioether (sulfide) groups is 1. The van der Waals surface area contributed by atoms with Crippen molar-refractivity contribution in [1.29, 1.82) is 0 Å². The molecule has 0 N–H and O–H groups in total. The third-order valence-electron chi connectivity index (χ3n) is 3.57. The van der Waals surface area contributed by atoms with Crippen LogP contribution in [0.3, 0.4) is 0 Å². The van der Waals surface area contributed by atoms with Gasteiger partial charge in [-0.25, -0.2) is 4.39 Å². The van der Waals surface area contributed by atoms with Gasteiger partial charge in [0.05, 0.1) is 0 Å². The molecule has 0 bridgehead atoms. The van der Waals surface area contributed by atoms with Crippen molar-refractivity contribution < 1.29 is 4.39 Å². The van der Waals surface area contributed by atoms with Gasteiger partial charge in [-0.05, 0) is 23.3 Å². The molecule has 0 spiro atoms. The fourth-order valence-corrected chi connectivity index (χ4v) is 3.33. The zero-order valence-corrected chi connectivity index (χ0v) is 14.0. The van der Waals surface area contributed by atoms with E-state index in [-0.39, 0.29) is 5.82 Å². The molecule has 0 saturated heterocycles. The molecule has 0 aliphatic heterocycles. The lowest BCUT2D eigenvalue weighted by Crippen LogP contribution is -2.04. The monoisotopic (exact) mass is 339 g/mol. The standard InChI is InChI=1S/C19H18FN3S/c1-2-11-23-18(13-15-7-4-3-5-8-15)21-22-19(23)24-14-16-9-6-10-17(20)12-16/h2-10,12H,1,11,13-14H2. The number of benzene rings is 2. The van der Waals surface area contributed by atoms with Crippen molar-refractivity contribution in [2.75, 3.05) is 0 Å². The summed E-state index contributed by atoms with van der Waals surface area (Å²) in [5, 5.41) is 9.46. The van der Waals surface area contributed by atoms with Crippen LogP contribution < -0.4 is 0 Å². The number of allylic oxidation sites excluding steroid dienone is 1. The van der Waals surface area contributed by atoms with Crippen LogP contribution in [0.5, 0.6) is 0 Å². The minimum absolute atomic E-state index is 0.217. The van der Waals surface area contributed by atoms with Gasteiger partial charge in [-0.15, -0.1) is 16.8 Å². The molecule has 24 heavy (non-hydrogen) atoms. The minimum Gasteiger partial charge on any atom is -0.302 e. The summed E-state index contributed by atoms with van der Waals surface area (Å²) in [4.78, 5) is 0. The van der Waals surface area contributed by atoms with Crippen molar-refractivity contribution in [2.45, 2.75) is 23.9 Å². The number of hydrogen-bond donors (Lipinski definition) is 0. The largest absolute Gasteiger partial charge is 0.302 e. The SMILES string of the molecule is C=CCn1c(Cc2ccccc2)nnc1SCc1cccc(F)c1. The van der Waals surface area contributed by atoms with Crippen molar-refractivity contribution in [3.05, 3.63) is 90.0 Å². The molecule has 0 saturated carbocycles. The van der Waals surface area contributed by atoms with Gasteiger partial charge in [0.25, 0.3) is 0 Å². The molecule has 1 heterocycles. The van der Waals surface area contributed by atoms with Crippen LogP contribution in [0, 0.1) is 5.82 Å². The Kier molecular flexibility index (Phi) is 5.43. The Morgan fingerprint density at radius 1 is 1.04 bits per heavy atom. The van der Waals surface area contributed by atoms with Crippen molar-refractivity contribution in [3.63, 3.8) is 0 Å². The molecule has 0 unspecified atom stereocenters. The van der Waals surface area contributed by atoms with Crippen molar-refractivity contribution >= 4 is 11.8 Å². The van der Waals surface area contributed by atoms with E-state index in [2.05, 4.69) is 33.5 Å². The van der Waals surface area contributed by atoms with E-state index in [1.54, 1.807) is 23.9 Å². The average Bonchev–Trinajstić information content (AvgIpc) is 2.96. The average molecular weight is 339 g/mol. The van der Waals surface area contributed by atoms with Gasteiger partial charge in [0.1, 0.15) is 11.6 Å². The molecule has 0 radical (unpaired) electrons. The van der Waals surface area contributed by atoms with E-state index in [1.165, 1.54) is 11.6 Å². The van der Waals surface area contributed by atoms with Gasteiger partial charge < -0.3 is 4.57 Å². The predicted molar refractivity (Wildman–Crippen MR) is 95.4 cm³/mol. The van der Waals surface area contributed by atoms with E-state index in [0.717, 1.165) is 23.0 Å². The van der Waals surface area contributed by atoms with Gasteiger partial charge in [0, 0.05) is 18.7 Å². The summed E-state index contributed by atoms with van der Waals surface area (Å²) in [5.41, 5.74) is 2.12. The number of halogens is 1. The first-order valence-corrected chi connectivity index (χ1v) is 8.69. The molecule has 0 amide bonds. The van der Waals surface area contributed by atoms with E-state index < -0.39 is 0 Å². The summed E-state index contributed by atoms with van der Waals surface area (Å²) in [6, 6.07) is 16.8. The normalized spacial score (nSPS) is 10.7. The highest BCUT2D eigenvalue weighted by molar-refractivity contribution is 7.98. The second kappa shape index (κ2) is 7.93. The summed E-state index contributed by atoms with van der Waals surface area (Å²) in [6.07, 6.45) is 2.56. The molecule has 122 valence electrons. The van der Waals surface area contributed by atoms with Crippen LogP contribution in [0.1, 0.15) is 17.0 Å². The Labute approximate surface area is 145 Å². The predicted octanol–water partition coefficient (Wildman–Crippen LogP) is 4.49. The van der Waals surface area contributed by atoms with Gasteiger partial charge in [0.15, 0.2) is 5.16 Å². The highest BCUT2D eigenvalue weighted by Gasteiger charge is 2.12. The summed E-state index contributed by atoms with van der Waals surface area (Å²) >= 11 is 1.56. The molecular weight excluding hydrogens is 321 g/mol. The maximum Gasteiger partial charge on any atom is 0.191 e. The fourth-order valence-electron chi connectivity index (χ4n) is 2.42. The van der Waals surface area contributed by atoms with Gasteiger partial charge in [-0.2, -0.15) is 0 Å². The maximum absolute atomic E-state index is 13.3. The highest BCUT2D eigenvalue weighted by Crippen LogP contribution is 2.23. The molecule has 0 aliphatic rings. The molecule has 2 aromatic carbocycles. The Bertz CT molecular complexity index is 814. The molecule has 5 heteroatoms. The Morgan fingerprint density at radius 3 is 2.58 bits per heavy atom. The van der Waals surface area contributed by atoms with Crippen LogP contribution in [0.4, 0.5) is 4.39 Å². The Balaban J connectivity index is 1.76. The number of nitrogens with zero attached hydrogens (tertiary/aromatic N) is 3. The summed E-state index contributed by atoms with van der Waals surface area (Å²) < 4.78 is 15.3. The Morgan fingerprint density at radius 2 is 1.83 bits per heavy atom. The van der Waals surface area contributed by atoms with E-state index in [0.29, 0.717) is 12.3 Å². The van der Waals surface area contributed by atoms with E-state index in [4.69, 9.17) is 0 Å². The molecule has 0 aliphatic carbocycles. The number of hydrogen-bond acceptors (Lipinski definition) is 3. The fraction of sp³-hybridized carbons (Fsp3) is 0.158. The lowest BCUT2D eigenvalue weighted by atomic mass is 10.1. The first-order valence-electron chi connectivity index (χ1n) is 7.70. The van der Waals surface area contributed by atoms with Crippen molar-refractivity contribution in [1.82, 2.24) is 14.8 Å². The third kappa shape index (κ3) is 4.11. The van der Waals surface area contributed by atoms with Crippen molar-refractivity contribution in [3.8, 4) is 0 Å². The second-order valence-electron chi connectivity index (χ2n) is 5.38. The van der Waals surface area contributed by atoms with Gasteiger partial charge in [-0.3, -0.25) is 0 Å². The highest BCUT2D eigenvalue weighted by atomic mass is 32.2. The van der Waals surface area contributed by atoms with Gasteiger partial charge in [-0.1, -0.05) is 60.3 Å². The van der Waals surface area contributed by atoms with E-state index in [1.807, 2.05) is 30.3 Å². The quantitative estimate of drug-likeness (QED) is 0.469. The second-order valence-corrected chi connectivity index (χ2v) is 6.32. The first kappa shape index (κ1) is 16.5. The molecular formula is C19H18FN3S. The topological polar surface area (TPSA) is 30.7 Å². The lowest BCUT2D eigenvalue weighted by Gasteiger charge is -2.08. The zero-order valence-electron chi connectivity index (χ0n) is 13.2. The molecule has 0 atom stereocenters. The van der Waals surface area contributed by atoms with Crippen LogP contribution in [-0.4, -0.2) is 14.8 Å². The molecule has 3 aromatic rings. The lowest BCUT2D eigenvalue weighted by molar-refractivity contribution is 0.626. The molecule has 3 nitrogen and oxygen atoms in total. The van der Waals surface area contributed by atoms with Crippen molar-refractivity contribution in [2.24, 2.45) is 0 Å². The maximum atomic E-state index is 13.3. The smallest absolute Gasteiger partial charge is 0.191 e. The van der Waals surface area contributed by atoms with E-state index in [9.17, 15) is 4.39 Å². The Hall–Kier alpha value is -2.40. The summed E-state index contributed by atoms with van der Waals surface area (Å²) in [6.45, 7) is 4.47. The van der Waals surface area contributed by atoms with Crippen LogP contribution in [0.2, 0.25) is 0 Å². The van der Waals surface area contributed by atoms with Gasteiger partial charge in [0.2, 0.25) is 0 Å². The van der Waals surface area contributed by atoms with Crippen LogP contribution in [0.25, 0.3) is 0 Å². The summed E-state index contributed by atoms with van der Waals surface area (Å²) in [5.74, 6) is 1.34. The molecule has 1 aromatic heterocycles. The van der Waals surface area contributed by atoms with E-state index >= 15 is 0 Å². The molecule has 0 fully saturated rings. The zero-order chi connectivity index (χ0) is 16.8. The third-order valence-corrected chi connectivity index (χ3v) is 4.61.